The van der Waals surface area contributed by atoms with Crippen LogP contribution in [0.2, 0.25) is 0 Å². The van der Waals surface area contributed by atoms with Crippen LogP contribution >= 0.6 is 0 Å². The van der Waals surface area contributed by atoms with E-state index in [1.54, 1.807) is 0 Å². The summed E-state index contributed by atoms with van der Waals surface area (Å²) in [6.45, 7) is 2.51. The van der Waals surface area contributed by atoms with E-state index in [1.807, 2.05) is 0 Å². The molecular weight excluding hydrogens is 272 g/mol. The predicted molar refractivity (Wildman–Crippen MR) is 67.9 cm³/mol. The number of ether oxygens (including phenoxy) is 1. The summed E-state index contributed by atoms with van der Waals surface area (Å²) in [5, 5.41) is 8.74. The number of hydrogen-bond donors (Lipinski definition) is 1. The Morgan fingerprint density at radius 3 is 2.16 bits per heavy atom. The fraction of sp³-hybridized carbons (Fsp3) is 0.909. The minimum absolute atomic E-state index is 0.0913. The van der Waals surface area contributed by atoms with Crippen LogP contribution in [0.15, 0.2) is 0 Å². The molecule has 2 aliphatic heterocycles. The molecule has 0 bridgehead atoms. The molecule has 2 heterocycles. The van der Waals surface area contributed by atoms with Crippen LogP contribution in [-0.4, -0.2) is 67.5 Å². The minimum atomic E-state index is -3.40. The summed E-state index contributed by atoms with van der Waals surface area (Å²) in [5.74, 6) is -0.719. The SMILES string of the molecule is O=C(O)CC1CCN(S(=O)(=O)N2CCOCC2)CC1. The normalized spacial score (nSPS) is 24.4. The number of rotatable bonds is 4. The molecule has 0 unspecified atom stereocenters. The number of carboxylic acids is 1. The molecule has 0 aliphatic carbocycles. The molecule has 2 fully saturated rings. The van der Waals surface area contributed by atoms with Gasteiger partial charge in [0.2, 0.25) is 0 Å². The first-order valence-corrected chi connectivity index (χ1v) is 7.94. The third-order valence-corrected chi connectivity index (χ3v) is 5.69. The van der Waals surface area contributed by atoms with E-state index in [2.05, 4.69) is 0 Å². The summed E-state index contributed by atoms with van der Waals surface area (Å²) < 4.78 is 32.8. The van der Waals surface area contributed by atoms with Gasteiger partial charge < -0.3 is 9.84 Å². The zero-order valence-corrected chi connectivity index (χ0v) is 11.6. The molecule has 7 nitrogen and oxygen atoms in total. The lowest BCUT2D eigenvalue weighted by molar-refractivity contribution is -0.138. The average Bonchev–Trinajstić information content (AvgIpc) is 2.40. The van der Waals surface area contributed by atoms with E-state index in [4.69, 9.17) is 9.84 Å². The molecule has 0 radical (unpaired) electrons. The Balaban J connectivity index is 1.90. The van der Waals surface area contributed by atoms with Crippen molar-refractivity contribution in [3.63, 3.8) is 0 Å². The molecule has 0 spiro atoms. The molecule has 2 saturated heterocycles. The molecule has 1 N–H and O–H groups in total. The van der Waals surface area contributed by atoms with Gasteiger partial charge in [-0.15, -0.1) is 0 Å². The van der Waals surface area contributed by atoms with Crippen molar-refractivity contribution >= 4 is 16.2 Å². The van der Waals surface area contributed by atoms with E-state index in [0.29, 0.717) is 52.2 Å². The van der Waals surface area contributed by atoms with Crippen molar-refractivity contribution in [3.05, 3.63) is 0 Å². The lowest BCUT2D eigenvalue weighted by Crippen LogP contribution is -2.50. The maximum absolute atomic E-state index is 12.3. The third-order valence-electron chi connectivity index (χ3n) is 3.66. The fourth-order valence-electron chi connectivity index (χ4n) is 2.53. The Hall–Kier alpha value is -0.700. The number of carbonyl (C=O) groups is 1. The fourth-order valence-corrected chi connectivity index (χ4v) is 4.14. The smallest absolute Gasteiger partial charge is 0.303 e. The average molecular weight is 292 g/mol. The van der Waals surface area contributed by atoms with Gasteiger partial charge in [0, 0.05) is 32.6 Å². The van der Waals surface area contributed by atoms with Crippen LogP contribution in [0.1, 0.15) is 19.3 Å². The van der Waals surface area contributed by atoms with Gasteiger partial charge in [-0.3, -0.25) is 4.79 Å². The standard InChI is InChI=1S/C11H20N2O5S/c14-11(15)9-10-1-3-12(4-2-10)19(16,17)13-5-7-18-8-6-13/h10H,1-9H2,(H,14,15). The molecule has 110 valence electrons. The molecule has 2 rings (SSSR count). The van der Waals surface area contributed by atoms with Crippen molar-refractivity contribution < 1.29 is 23.1 Å². The predicted octanol–water partition coefficient (Wildman–Crippen LogP) is -0.250. The Kier molecular flexibility index (Phi) is 4.77. The largest absolute Gasteiger partial charge is 0.481 e. The van der Waals surface area contributed by atoms with Gasteiger partial charge in [-0.2, -0.15) is 17.0 Å². The molecule has 0 amide bonds. The molecule has 0 aromatic rings. The second-order valence-electron chi connectivity index (χ2n) is 4.96. The van der Waals surface area contributed by atoms with Crippen molar-refractivity contribution in [2.45, 2.75) is 19.3 Å². The van der Waals surface area contributed by atoms with Crippen LogP contribution < -0.4 is 0 Å². The van der Waals surface area contributed by atoms with E-state index in [0.717, 1.165) is 0 Å². The van der Waals surface area contributed by atoms with Crippen LogP contribution in [0.4, 0.5) is 0 Å². The first-order chi connectivity index (χ1) is 9.00. The second kappa shape index (κ2) is 6.17. The summed E-state index contributed by atoms with van der Waals surface area (Å²) in [6.07, 6.45) is 1.37. The van der Waals surface area contributed by atoms with Crippen LogP contribution in [0.25, 0.3) is 0 Å². The molecule has 0 aromatic heterocycles. The zero-order valence-electron chi connectivity index (χ0n) is 10.8. The molecule has 19 heavy (non-hydrogen) atoms. The number of morpholine rings is 1. The summed E-state index contributed by atoms with van der Waals surface area (Å²) in [6, 6.07) is 0. The third kappa shape index (κ3) is 3.65. The van der Waals surface area contributed by atoms with Gasteiger partial charge >= 0.3 is 5.97 Å². The zero-order chi connectivity index (χ0) is 13.9. The molecule has 0 atom stereocenters. The van der Waals surface area contributed by atoms with E-state index in [1.165, 1.54) is 8.61 Å². The Labute approximate surface area is 113 Å². The van der Waals surface area contributed by atoms with Gasteiger partial charge in [-0.25, -0.2) is 0 Å². The van der Waals surface area contributed by atoms with Crippen molar-refractivity contribution in [3.8, 4) is 0 Å². The monoisotopic (exact) mass is 292 g/mol. The molecular formula is C11H20N2O5S. The lowest BCUT2D eigenvalue weighted by Gasteiger charge is -2.35. The van der Waals surface area contributed by atoms with Crippen LogP contribution in [0.3, 0.4) is 0 Å². The van der Waals surface area contributed by atoms with Gasteiger partial charge in [0.15, 0.2) is 0 Å². The highest BCUT2D eigenvalue weighted by atomic mass is 32.2. The Morgan fingerprint density at radius 2 is 1.63 bits per heavy atom. The maximum atomic E-state index is 12.3. The van der Waals surface area contributed by atoms with Crippen molar-refractivity contribution in [2.24, 2.45) is 5.92 Å². The second-order valence-corrected chi connectivity index (χ2v) is 6.89. The van der Waals surface area contributed by atoms with Gasteiger partial charge in [-0.1, -0.05) is 0 Å². The molecule has 2 aliphatic rings. The number of nitrogens with zero attached hydrogens (tertiary/aromatic N) is 2. The quantitative estimate of drug-likeness (QED) is 0.772. The molecule has 0 saturated carbocycles. The van der Waals surface area contributed by atoms with E-state index in [9.17, 15) is 13.2 Å². The minimum Gasteiger partial charge on any atom is -0.481 e. The van der Waals surface area contributed by atoms with Crippen LogP contribution in [-0.2, 0) is 19.7 Å². The number of aliphatic carboxylic acids is 1. The van der Waals surface area contributed by atoms with Gasteiger partial charge in [0.25, 0.3) is 10.2 Å². The van der Waals surface area contributed by atoms with Crippen LogP contribution in [0.5, 0.6) is 0 Å². The molecule has 0 aromatic carbocycles. The topological polar surface area (TPSA) is 87.2 Å². The van der Waals surface area contributed by atoms with Gasteiger partial charge in [-0.05, 0) is 18.8 Å². The number of carboxylic acid groups (broad SMARTS) is 1. The highest BCUT2D eigenvalue weighted by Crippen LogP contribution is 2.24. The van der Waals surface area contributed by atoms with E-state index in [-0.39, 0.29) is 12.3 Å². The highest BCUT2D eigenvalue weighted by molar-refractivity contribution is 7.86. The van der Waals surface area contributed by atoms with E-state index < -0.39 is 16.2 Å². The number of hydrogen-bond acceptors (Lipinski definition) is 4. The first kappa shape index (κ1) is 14.7. The van der Waals surface area contributed by atoms with Crippen molar-refractivity contribution in [1.82, 2.24) is 8.61 Å². The maximum Gasteiger partial charge on any atom is 0.303 e. The summed E-state index contributed by atoms with van der Waals surface area (Å²) in [7, 11) is -3.40. The van der Waals surface area contributed by atoms with Gasteiger partial charge in [0.05, 0.1) is 13.2 Å². The Bertz CT molecular complexity index is 411. The van der Waals surface area contributed by atoms with Crippen molar-refractivity contribution in [2.75, 3.05) is 39.4 Å². The van der Waals surface area contributed by atoms with Gasteiger partial charge in [0.1, 0.15) is 0 Å². The first-order valence-electron chi connectivity index (χ1n) is 6.55. The highest BCUT2D eigenvalue weighted by Gasteiger charge is 2.34. The Morgan fingerprint density at radius 1 is 1.11 bits per heavy atom. The lowest BCUT2D eigenvalue weighted by atomic mass is 9.95. The number of piperidine rings is 1. The van der Waals surface area contributed by atoms with E-state index >= 15 is 0 Å². The summed E-state index contributed by atoms with van der Waals surface area (Å²) >= 11 is 0. The molecule has 8 heteroatoms. The van der Waals surface area contributed by atoms with Crippen molar-refractivity contribution in [1.29, 1.82) is 0 Å². The van der Waals surface area contributed by atoms with Crippen LogP contribution in [0, 0.1) is 5.92 Å². The summed E-state index contributed by atoms with van der Waals surface area (Å²) in [5.41, 5.74) is 0. The summed E-state index contributed by atoms with van der Waals surface area (Å²) in [4.78, 5) is 10.6.